The van der Waals surface area contributed by atoms with E-state index in [1.807, 2.05) is 0 Å². The number of alkyl halides is 3. The summed E-state index contributed by atoms with van der Waals surface area (Å²) >= 11 is 0. The van der Waals surface area contributed by atoms with Crippen molar-refractivity contribution in [1.29, 1.82) is 0 Å². The molecule has 0 heterocycles. The molecule has 1 aromatic carbocycles. The van der Waals surface area contributed by atoms with E-state index in [-0.39, 0.29) is 5.75 Å². The fourth-order valence-electron chi connectivity index (χ4n) is 1.56. The predicted octanol–water partition coefficient (Wildman–Crippen LogP) is 3.02. The highest BCUT2D eigenvalue weighted by atomic mass is 19.4. The van der Waals surface area contributed by atoms with Crippen molar-refractivity contribution in [3.05, 3.63) is 29.8 Å². The Hall–Kier alpha value is -1.27. The minimum Gasteiger partial charge on any atom is -0.406 e. The van der Waals surface area contributed by atoms with Crippen molar-refractivity contribution >= 4 is 0 Å². The van der Waals surface area contributed by atoms with Crippen LogP contribution in [0.1, 0.15) is 19.4 Å². The minimum absolute atomic E-state index is 0.194. The standard InChI is InChI=1S/C14H21F3N2O/c1-11(2)19(3)9-8-18-10-12-4-6-13(7-5-12)20-14(15,16)17/h4-7,11,18H,8-10H2,1-3H3. The highest BCUT2D eigenvalue weighted by molar-refractivity contribution is 5.27. The quantitative estimate of drug-likeness (QED) is 0.781. The second kappa shape index (κ2) is 7.50. The van der Waals surface area contributed by atoms with E-state index in [4.69, 9.17) is 0 Å². The van der Waals surface area contributed by atoms with Crippen LogP contribution >= 0.6 is 0 Å². The van der Waals surface area contributed by atoms with Gasteiger partial charge in [0.2, 0.25) is 0 Å². The molecule has 6 heteroatoms. The van der Waals surface area contributed by atoms with Crippen LogP contribution < -0.4 is 10.1 Å². The van der Waals surface area contributed by atoms with Gasteiger partial charge in [0.1, 0.15) is 5.75 Å². The van der Waals surface area contributed by atoms with Crippen LogP contribution in [0.25, 0.3) is 0 Å². The smallest absolute Gasteiger partial charge is 0.406 e. The number of halogens is 3. The lowest BCUT2D eigenvalue weighted by Crippen LogP contribution is -2.33. The second-order valence-corrected chi connectivity index (χ2v) is 4.94. The average molecular weight is 290 g/mol. The van der Waals surface area contributed by atoms with Crippen molar-refractivity contribution in [3.8, 4) is 5.75 Å². The predicted molar refractivity (Wildman–Crippen MR) is 72.6 cm³/mol. The lowest BCUT2D eigenvalue weighted by Gasteiger charge is -2.20. The van der Waals surface area contributed by atoms with Gasteiger partial charge in [-0.15, -0.1) is 13.2 Å². The van der Waals surface area contributed by atoms with Crippen LogP contribution in [0.2, 0.25) is 0 Å². The number of hydrogen-bond acceptors (Lipinski definition) is 3. The Labute approximate surface area is 117 Å². The summed E-state index contributed by atoms with van der Waals surface area (Å²) in [5.74, 6) is -0.194. The van der Waals surface area contributed by atoms with Crippen LogP contribution in [0, 0.1) is 0 Å². The van der Waals surface area contributed by atoms with Gasteiger partial charge >= 0.3 is 6.36 Å². The number of ether oxygens (including phenoxy) is 1. The molecule has 0 unspecified atom stereocenters. The van der Waals surface area contributed by atoms with Crippen molar-refractivity contribution in [3.63, 3.8) is 0 Å². The topological polar surface area (TPSA) is 24.5 Å². The molecule has 0 aliphatic carbocycles. The van der Waals surface area contributed by atoms with Gasteiger partial charge in [-0.3, -0.25) is 0 Å². The number of benzene rings is 1. The van der Waals surface area contributed by atoms with Crippen molar-refractivity contribution in [2.75, 3.05) is 20.1 Å². The molecule has 0 fully saturated rings. The second-order valence-electron chi connectivity index (χ2n) is 4.94. The summed E-state index contributed by atoms with van der Waals surface area (Å²) in [7, 11) is 2.05. The van der Waals surface area contributed by atoms with Crippen LogP contribution in [0.5, 0.6) is 5.75 Å². The molecule has 0 amide bonds. The number of nitrogens with one attached hydrogen (secondary N) is 1. The highest BCUT2D eigenvalue weighted by Crippen LogP contribution is 2.22. The van der Waals surface area contributed by atoms with Gasteiger partial charge in [0, 0.05) is 25.7 Å². The lowest BCUT2D eigenvalue weighted by molar-refractivity contribution is -0.274. The van der Waals surface area contributed by atoms with E-state index in [9.17, 15) is 13.2 Å². The molecule has 3 nitrogen and oxygen atoms in total. The fourth-order valence-corrected chi connectivity index (χ4v) is 1.56. The third-order valence-corrected chi connectivity index (χ3v) is 3.01. The third kappa shape index (κ3) is 6.77. The summed E-state index contributed by atoms with van der Waals surface area (Å²) in [5.41, 5.74) is 0.923. The molecular weight excluding hydrogens is 269 g/mol. The summed E-state index contributed by atoms with van der Waals surface area (Å²) < 4.78 is 39.8. The van der Waals surface area contributed by atoms with Gasteiger partial charge in [0.25, 0.3) is 0 Å². The summed E-state index contributed by atoms with van der Waals surface area (Å²) in [4.78, 5) is 2.22. The Balaban J connectivity index is 2.32. The van der Waals surface area contributed by atoms with E-state index in [0.29, 0.717) is 12.6 Å². The first-order chi connectivity index (χ1) is 9.28. The molecule has 0 saturated heterocycles. The zero-order chi connectivity index (χ0) is 15.2. The monoisotopic (exact) mass is 290 g/mol. The van der Waals surface area contributed by atoms with E-state index in [0.717, 1.165) is 18.7 Å². The van der Waals surface area contributed by atoms with Crippen LogP contribution in [0.15, 0.2) is 24.3 Å². The van der Waals surface area contributed by atoms with Crippen molar-refractivity contribution in [2.45, 2.75) is 32.8 Å². The maximum Gasteiger partial charge on any atom is 0.573 e. The highest BCUT2D eigenvalue weighted by Gasteiger charge is 2.30. The largest absolute Gasteiger partial charge is 0.573 e. The van der Waals surface area contributed by atoms with E-state index in [2.05, 4.69) is 35.8 Å². The summed E-state index contributed by atoms with van der Waals surface area (Å²) in [6.45, 7) is 6.62. The van der Waals surface area contributed by atoms with Gasteiger partial charge < -0.3 is 15.0 Å². The summed E-state index contributed by atoms with van der Waals surface area (Å²) in [6, 6.07) is 6.39. The minimum atomic E-state index is -4.64. The molecule has 20 heavy (non-hydrogen) atoms. The van der Waals surface area contributed by atoms with Gasteiger partial charge in [-0.25, -0.2) is 0 Å². The van der Waals surface area contributed by atoms with Gasteiger partial charge in [-0.05, 0) is 38.6 Å². The van der Waals surface area contributed by atoms with Crippen molar-refractivity contribution in [1.82, 2.24) is 10.2 Å². The first-order valence-corrected chi connectivity index (χ1v) is 6.53. The Morgan fingerprint density at radius 2 is 1.80 bits per heavy atom. The molecule has 114 valence electrons. The molecule has 0 saturated carbocycles. The van der Waals surface area contributed by atoms with E-state index < -0.39 is 6.36 Å². The molecule has 0 aliphatic rings. The third-order valence-electron chi connectivity index (χ3n) is 3.01. The molecule has 0 radical (unpaired) electrons. The first-order valence-electron chi connectivity index (χ1n) is 6.53. The Morgan fingerprint density at radius 3 is 2.30 bits per heavy atom. The van der Waals surface area contributed by atoms with E-state index in [1.165, 1.54) is 12.1 Å². The number of nitrogens with zero attached hydrogens (tertiary/aromatic N) is 1. The van der Waals surface area contributed by atoms with E-state index >= 15 is 0 Å². The number of rotatable bonds is 7. The maximum absolute atomic E-state index is 12.0. The average Bonchev–Trinajstić information content (AvgIpc) is 2.34. The molecule has 0 aliphatic heterocycles. The Bertz CT molecular complexity index is 390. The summed E-state index contributed by atoms with van der Waals surface area (Å²) in [5, 5.41) is 3.25. The van der Waals surface area contributed by atoms with Gasteiger partial charge in [0.05, 0.1) is 0 Å². The van der Waals surface area contributed by atoms with Crippen molar-refractivity contribution in [2.24, 2.45) is 0 Å². The molecule has 1 rings (SSSR count). The zero-order valence-corrected chi connectivity index (χ0v) is 12.0. The first kappa shape index (κ1) is 16.8. The number of hydrogen-bond donors (Lipinski definition) is 1. The Kier molecular flexibility index (Phi) is 6.29. The van der Waals surface area contributed by atoms with Crippen LogP contribution in [0.3, 0.4) is 0 Å². The van der Waals surface area contributed by atoms with Crippen molar-refractivity contribution < 1.29 is 17.9 Å². The fraction of sp³-hybridized carbons (Fsp3) is 0.571. The molecule has 0 spiro atoms. The molecule has 0 atom stereocenters. The molecule has 0 aromatic heterocycles. The van der Waals surface area contributed by atoms with Gasteiger partial charge in [-0.2, -0.15) is 0 Å². The Morgan fingerprint density at radius 1 is 1.20 bits per heavy atom. The number of likely N-dealkylation sites (N-methyl/N-ethyl adjacent to an activating group) is 1. The summed E-state index contributed by atoms with van der Waals surface area (Å²) in [6.07, 6.45) is -4.64. The lowest BCUT2D eigenvalue weighted by atomic mass is 10.2. The van der Waals surface area contributed by atoms with Gasteiger partial charge in [-0.1, -0.05) is 12.1 Å². The molecular formula is C14H21F3N2O. The molecule has 1 N–H and O–H groups in total. The van der Waals surface area contributed by atoms with Crippen LogP contribution in [0.4, 0.5) is 13.2 Å². The normalized spacial score (nSPS) is 12.2. The van der Waals surface area contributed by atoms with Gasteiger partial charge in [0.15, 0.2) is 0 Å². The molecule has 0 bridgehead atoms. The van der Waals surface area contributed by atoms with Crippen LogP contribution in [-0.2, 0) is 6.54 Å². The molecule has 1 aromatic rings. The van der Waals surface area contributed by atoms with E-state index in [1.54, 1.807) is 12.1 Å². The zero-order valence-electron chi connectivity index (χ0n) is 12.0. The van der Waals surface area contributed by atoms with Crippen LogP contribution in [-0.4, -0.2) is 37.4 Å². The SMILES string of the molecule is CC(C)N(C)CCNCc1ccc(OC(F)(F)F)cc1. The maximum atomic E-state index is 12.0.